The minimum atomic E-state index is -0.679. The van der Waals surface area contributed by atoms with Crippen LogP contribution in [0.3, 0.4) is 0 Å². The van der Waals surface area contributed by atoms with Gasteiger partial charge in [-0.3, -0.25) is 14.9 Å². The first-order valence-corrected chi connectivity index (χ1v) is 7.79. The number of benzene rings is 2. The molecule has 142 valence electrons. The molecule has 0 aliphatic rings. The normalized spacial score (nSPS) is 10.0. The molecular weight excluding hydrogens is 356 g/mol. The predicted molar refractivity (Wildman–Crippen MR) is 96.3 cm³/mol. The van der Waals surface area contributed by atoms with Crippen molar-refractivity contribution in [3.8, 4) is 11.5 Å². The Morgan fingerprint density at radius 2 is 1.89 bits per heavy atom. The summed E-state index contributed by atoms with van der Waals surface area (Å²) >= 11 is 0. The van der Waals surface area contributed by atoms with Crippen LogP contribution in [0.4, 0.5) is 11.4 Å². The highest BCUT2D eigenvalue weighted by atomic mass is 16.6. The van der Waals surface area contributed by atoms with Crippen LogP contribution in [0.1, 0.15) is 15.9 Å². The van der Waals surface area contributed by atoms with Crippen molar-refractivity contribution in [2.75, 3.05) is 26.1 Å². The number of amides is 1. The zero-order valence-corrected chi connectivity index (χ0v) is 15.0. The summed E-state index contributed by atoms with van der Waals surface area (Å²) in [6.45, 7) is 1.08. The molecule has 2 aromatic rings. The van der Waals surface area contributed by atoms with E-state index in [1.165, 1.54) is 38.5 Å². The number of carbonyl (C=O) groups excluding carboxylic acids is 2. The molecule has 0 heterocycles. The maximum absolute atomic E-state index is 12.1. The number of nitro groups is 1. The summed E-state index contributed by atoms with van der Waals surface area (Å²) in [5, 5.41) is 13.5. The minimum absolute atomic E-state index is 0.00859. The molecule has 9 nitrogen and oxygen atoms in total. The predicted octanol–water partition coefficient (Wildman–Crippen LogP) is 2.72. The topological polar surface area (TPSA) is 117 Å². The van der Waals surface area contributed by atoms with Crippen molar-refractivity contribution in [1.82, 2.24) is 0 Å². The number of nitro benzene ring substituents is 1. The third-order valence-corrected chi connectivity index (χ3v) is 3.64. The lowest BCUT2D eigenvalue weighted by Gasteiger charge is -2.11. The number of nitrogens with one attached hydrogen (secondary N) is 1. The molecule has 0 aromatic heterocycles. The third-order valence-electron chi connectivity index (χ3n) is 3.64. The van der Waals surface area contributed by atoms with E-state index < -0.39 is 23.4 Å². The fourth-order valence-electron chi connectivity index (χ4n) is 2.26. The number of hydrogen-bond acceptors (Lipinski definition) is 7. The number of anilines is 1. The minimum Gasteiger partial charge on any atom is -0.497 e. The maximum Gasteiger partial charge on any atom is 0.338 e. The molecule has 0 saturated carbocycles. The Labute approximate surface area is 155 Å². The first-order chi connectivity index (χ1) is 12.8. The van der Waals surface area contributed by atoms with Crippen molar-refractivity contribution >= 4 is 23.3 Å². The van der Waals surface area contributed by atoms with E-state index >= 15 is 0 Å². The van der Waals surface area contributed by atoms with Gasteiger partial charge in [0, 0.05) is 17.8 Å². The number of hydrogen-bond donors (Lipinski definition) is 1. The Morgan fingerprint density at radius 1 is 1.15 bits per heavy atom. The van der Waals surface area contributed by atoms with Crippen molar-refractivity contribution in [2.24, 2.45) is 0 Å². The quantitative estimate of drug-likeness (QED) is 0.450. The van der Waals surface area contributed by atoms with E-state index in [0.29, 0.717) is 17.0 Å². The number of ether oxygens (including phenoxy) is 3. The largest absolute Gasteiger partial charge is 0.497 e. The molecule has 0 atom stereocenters. The van der Waals surface area contributed by atoms with Crippen molar-refractivity contribution < 1.29 is 28.7 Å². The molecule has 0 aliphatic carbocycles. The smallest absolute Gasteiger partial charge is 0.338 e. The molecule has 1 N–H and O–H groups in total. The van der Waals surface area contributed by atoms with E-state index in [0.717, 1.165) is 0 Å². The number of rotatable bonds is 7. The second kappa shape index (κ2) is 8.65. The molecule has 0 saturated heterocycles. The zero-order chi connectivity index (χ0) is 20.0. The van der Waals surface area contributed by atoms with Crippen LogP contribution in [0, 0.1) is 17.0 Å². The number of aryl methyl sites for hydroxylation is 1. The van der Waals surface area contributed by atoms with Gasteiger partial charge in [-0.2, -0.15) is 0 Å². The van der Waals surface area contributed by atoms with Crippen LogP contribution < -0.4 is 14.8 Å². The van der Waals surface area contributed by atoms with Gasteiger partial charge >= 0.3 is 11.7 Å². The van der Waals surface area contributed by atoms with Crippen LogP contribution in [0.25, 0.3) is 0 Å². The van der Waals surface area contributed by atoms with Crippen LogP contribution in [0.2, 0.25) is 0 Å². The monoisotopic (exact) mass is 374 g/mol. The van der Waals surface area contributed by atoms with E-state index in [1.54, 1.807) is 19.1 Å². The van der Waals surface area contributed by atoms with Gasteiger partial charge < -0.3 is 19.5 Å². The highest BCUT2D eigenvalue weighted by molar-refractivity contribution is 5.96. The standard InChI is InChI=1S/C18H18N2O7/c1-11-7-15(20(23)24)16(26-3)9-14(11)19-17(21)10-27-18(22)12-5-4-6-13(8-12)25-2/h4-9H,10H2,1-3H3,(H,19,21). The Bertz CT molecular complexity index is 880. The average molecular weight is 374 g/mol. The third kappa shape index (κ3) is 4.94. The molecule has 0 bridgehead atoms. The summed E-state index contributed by atoms with van der Waals surface area (Å²) in [6.07, 6.45) is 0. The molecule has 0 fully saturated rings. The summed E-state index contributed by atoms with van der Waals surface area (Å²) in [5.41, 5.74) is 0.822. The van der Waals surface area contributed by atoms with Crippen LogP contribution >= 0.6 is 0 Å². The first-order valence-electron chi connectivity index (χ1n) is 7.79. The Balaban J connectivity index is 2.03. The molecule has 9 heteroatoms. The highest BCUT2D eigenvalue weighted by Gasteiger charge is 2.19. The molecule has 0 spiro atoms. The van der Waals surface area contributed by atoms with E-state index in [4.69, 9.17) is 14.2 Å². The van der Waals surface area contributed by atoms with Gasteiger partial charge in [0.15, 0.2) is 12.4 Å². The van der Waals surface area contributed by atoms with Gasteiger partial charge in [0.05, 0.1) is 24.7 Å². The molecule has 0 radical (unpaired) electrons. The van der Waals surface area contributed by atoms with Crippen molar-refractivity contribution in [3.05, 3.63) is 57.6 Å². The van der Waals surface area contributed by atoms with Gasteiger partial charge in [0.1, 0.15) is 5.75 Å². The van der Waals surface area contributed by atoms with E-state index in [-0.39, 0.29) is 17.0 Å². The molecular formula is C18H18N2O7. The number of nitrogens with zero attached hydrogens (tertiary/aromatic N) is 1. The summed E-state index contributed by atoms with van der Waals surface area (Å²) in [4.78, 5) is 34.5. The summed E-state index contributed by atoms with van der Waals surface area (Å²) in [6, 6.07) is 8.96. The Morgan fingerprint density at radius 3 is 2.52 bits per heavy atom. The summed E-state index contributed by atoms with van der Waals surface area (Å²) in [7, 11) is 2.76. The SMILES string of the molecule is COc1cccc(C(=O)OCC(=O)Nc2cc(OC)c([N+](=O)[O-])cc2C)c1. The van der Waals surface area contributed by atoms with E-state index in [2.05, 4.69) is 5.32 Å². The maximum atomic E-state index is 12.1. The molecule has 27 heavy (non-hydrogen) atoms. The second-order valence-electron chi connectivity index (χ2n) is 5.45. The number of esters is 1. The molecule has 2 rings (SSSR count). The van der Waals surface area contributed by atoms with Gasteiger partial charge in [-0.25, -0.2) is 4.79 Å². The second-order valence-corrected chi connectivity index (χ2v) is 5.45. The van der Waals surface area contributed by atoms with Gasteiger partial charge in [0.2, 0.25) is 0 Å². The lowest BCUT2D eigenvalue weighted by molar-refractivity contribution is -0.385. The molecule has 0 aliphatic heterocycles. The average Bonchev–Trinajstić information content (AvgIpc) is 2.67. The molecule has 1 amide bonds. The van der Waals surface area contributed by atoms with Crippen LogP contribution in [0.5, 0.6) is 11.5 Å². The number of methoxy groups -OCH3 is 2. The van der Waals surface area contributed by atoms with Crippen LogP contribution in [0.15, 0.2) is 36.4 Å². The highest BCUT2D eigenvalue weighted by Crippen LogP contribution is 2.32. The van der Waals surface area contributed by atoms with Crippen LogP contribution in [-0.4, -0.2) is 37.6 Å². The van der Waals surface area contributed by atoms with Gasteiger partial charge in [-0.05, 0) is 30.7 Å². The van der Waals surface area contributed by atoms with E-state index in [1.807, 2.05) is 0 Å². The van der Waals surface area contributed by atoms with Gasteiger partial charge in [0.25, 0.3) is 5.91 Å². The fraction of sp³-hybridized carbons (Fsp3) is 0.222. The van der Waals surface area contributed by atoms with Gasteiger partial charge in [-0.1, -0.05) is 6.07 Å². The summed E-state index contributed by atoms with van der Waals surface area (Å²) < 4.78 is 15.0. The number of carbonyl (C=O) groups is 2. The lowest BCUT2D eigenvalue weighted by atomic mass is 10.1. The van der Waals surface area contributed by atoms with E-state index in [9.17, 15) is 19.7 Å². The van der Waals surface area contributed by atoms with Gasteiger partial charge in [-0.15, -0.1) is 0 Å². The Hall–Kier alpha value is -3.62. The fourth-order valence-corrected chi connectivity index (χ4v) is 2.26. The van der Waals surface area contributed by atoms with Crippen molar-refractivity contribution in [1.29, 1.82) is 0 Å². The van der Waals surface area contributed by atoms with Crippen molar-refractivity contribution in [2.45, 2.75) is 6.92 Å². The van der Waals surface area contributed by atoms with Crippen LogP contribution in [-0.2, 0) is 9.53 Å². The Kier molecular flexibility index (Phi) is 6.32. The lowest BCUT2D eigenvalue weighted by Crippen LogP contribution is -2.21. The molecule has 2 aromatic carbocycles. The zero-order valence-electron chi connectivity index (χ0n) is 15.0. The first kappa shape index (κ1) is 19.7. The van der Waals surface area contributed by atoms with Crippen molar-refractivity contribution in [3.63, 3.8) is 0 Å². The summed E-state index contributed by atoms with van der Waals surface area (Å²) in [5.74, 6) is -0.774. The molecule has 0 unspecified atom stereocenters.